The highest BCUT2D eigenvalue weighted by molar-refractivity contribution is 5.91. The normalized spacial score (nSPS) is 26.0. The summed E-state index contributed by atoms with van der Waals surface area (Å²) in [7, 11) is 0. The van der Waals surface area contributed by atoms with E-state index in [9.17, 15) is 35.5 Å². The van der Waals surface area contributed by atoms with Gasteiger partial charge < -0.3 is 19.1 Å². The molecular weight excluding hydrogens is 595 g/mol. The van der Waals surface area contributed by atoms with Crippen molar-refractivity contribution in [1.82, 2.24) is 4.90 Å². The zero-order valence-electron chi connectivity index (χ0n) is 23.7. The molecule has 44 heavy (non-hydrogen) atoms. The monoisotopic (exact) mass is 625 g/mol. The van der Waals surface area contributed by atoms with Crippen molar-refractivity contribution in [1.29, 1.82) is 0 Å². The maximum atomic E-state index is 13.9. The minimum atomic E-state index is -5.00. The van der Waals surface area contributed by atoms with Crippen molar-refractivity contribution in [3.05, 3.63) is 93.8 Å². The minimum absolute atomic E-state index is 0.0641. The summed E-state index contributed by atoms with van der Waals surface area (Å²) >= 11 is 0. The highest BCUT2D eigenvalue weighted by Crippen LogP contribution is 2.46. The Balaban J connectivity index is 1.29. The Morgan fingerprint density at radius 2 is 1.59 bits per heavy atom. The van der Waals surface area contributed by atoms with Gasteiger partial charge in [0.05, 0.1) is 36.5 Å². The summed E-state index contributed by atoms with van der Waals surface area (Å²) in [4.78, 5) is 15.0. The fraction of sp³-hybridized carbons (Fsp3) is 0.469. The van der Waals surface area contributed by atoms with Crippen molar-refractivity contribution >= 4 is 5.91 Å². The molecule has 4 aliphatic rings. The fourth-order valence-corrected chi connectivity index (χ4v) is 6.78. The van der Waals surface area contributed by atoms with Crippen LogP contribution in [0.3, 0.4) is 0 Å². The predicted molar refractivity (Wildman–Crippen MR) is 144 cm³/mol. The van der Waals surface area contributed by atoms with Crippen LogP contribution in [0.1, 0.15) is 66.9 Å². The number of alkyl halides is 6. The summed E-state index contributed by atoms with van der Waals surface area (Å²) in [6.07, 6.45) is -6.10. The molecule has 3 aliphatic heterocycles. The molecule has 0 bridgehead atoms. The van der Waals surface area contributed by atoms with Gasteiger partial charge in [-0.05, 0) is 72.4 Å². The van der Waals surface area contributed by atoms with Crippen LogP contribution in [0.5, 0.6) is 0 Å². The summed E-state index contributed by atoms with van der Waals surface area (Å²) in [5.41, 5.74) is -0.667. The molecule has 1 aliphatic carbocycles. The highest BCUT2D eigenvalue weighted by atomic mass is 19.4. The molecule has 0 radical (unpaired) electrons. The lowest BCUT2D eigenvalue weighted by molar-refractivity contribution is -0.161. The van der Waals surface area contributed by atoms with E-state index in [4.69, 9.17) is 14.2 Å². The largest absolute Gasteiger partial charge is 0.416 e. The van der Waals surface area contributed by atoms with Gasteiger partial charge in [0, 0.05) is 37.4 Å². The second-order valence-corrected chi connectivity index (χ2v) is 11.7. The Kier molecular flexibility index (Phi) is 7.90. The molecule has 4 atom stereocenters. The molecule has 2 aromatic rings. The molecule has 6 rings (SSSR count). The third-order valence-electron chi connectivity index (χ3n) is 8.98. The van der Waals surface area contributed by atoms with E-state index < -0.39 is 59.3 Å². The zero-order chi connectivity index (χ0) is 31.4. The number of allylic oxidation sites excluding steroid dienone is 1. The highest BCUT2D eigenvalue weighted by Gasteiger charge is 2.48. The molecule has 0 N–H and O–H groups in total. The van der Waals surface area contributed by atoms with Crippen LogP contribution >= 0.6 is 0 Å². The zero-order valence-corrected chi connectivity index (χ0v) is 23.7. The number of fused-ring (bicyclic) bond motifs is 1. The van der Waals surface area contributed by atoms with Gasteiger partial charge in [-0.3, -0.25) is 4.79 Å². The Morgan fingerprint density at radius 3 is 2.16 bits per heavy atom. The minimum Gasteiger partial charge on any atom is -0.368 e. The van der Waals surface area contributed by atoms with Crippen molar-refractivity contribution < 1.29 is 49.7 Å². The van der Waals surface area contributed by atoms with Crippen LogP contribution in [0.25, 0.3) is 0 Å². The summed E-state index contributed by atoms with van der Waals surface area (Å²) in [6.45, 7) is 2.50. The summed E-state index contributed by atoms with van der Waals surface area (Å²) in [5, 5.41) is 0. The predicted octanol–water partition coefficient (Wildman–Crippen LogP) is 7.49. The van der Waals surface area contributed by atoms with Crippen LogP contribution < -0.4 is 0 Å². The first-order valence-electron chi connectivity index (χ1n) is 14.4. The smallest absolute Gasteiger partial charge is 0.368 e. The number of hydrogen-bond acceptors (Lipinski definition) is 4. The lowest BCUT2D eigenvalue weighted by Gasteiger charge is -2.36. The number of ether oxygens (including phenoxy) is 3. The SMILES string of the molecule is C[C@@H](O[C@H]1CN2C(=O)C=C(C3=CCC4(CC3)OCCO4)CC2C1c1ccc(F)cc1)c1cc(C(F)(F)F)cc(C(F)(F)F)c1. The quantitative estimate of drug-likeness (QED) is 0.323. The summed E-state index contributed by atoms with van der Waals surface area (Å²) in [5.74, 6) is -1.90. The number of benzene rings is 2. The molecular formula is C32H30F7NO4. The number of hydrogen-bond donors (Lipinski definition) is 0. The third kappa shape index (κ3) is 6.03. The number of halogens is 7. The lowest BCUT2D eigenvalue weighted by Crippen LogP contribution is -2.40. The van der Waals surface area contributed by atoms with Gasteiger partial charge in [0.25, 0.3) is 0 Å². The molecule has 2 unspecified atom stereocenters. The Bertz CT molecular complexity index is 1440. The van der Waals surface area contributed by atoms with Crippen LogP contribution in [0, 0.1) is 5.82 Å². The van der Waals surface area contributed by atoms with Gasteiger partial charge in [-0.1, -0.05) is 18.2 Å². The van der Waals surface area contributed by atoms with Crippen LogP contribution in [0.2, 0.25) is 0 Å². The average molecular weight is 626 g/mol. The van der Waals surface area contributed by atoms with E-state index >= 15 is 0 Å². The van der Waals surface area contributed by atoms with Gasteiger partial charge >= 0.3 is 12.4 Å². The van der Waals surface area contributed by atoms with Crippen molar-refractivity contribution in [2.24, 2.45) is 0 Å². The summed E-state index contributed by atoms with van der Waals surface area (Å²) in [6, 6.07) is 6.63. The van der Waals surface area contributed by atoms with Crippen LogP contribution in [-0.4, -0.2) is 48.5 Å². The van der Waals surface area contributed by atoms with E-state index in [2.05, 4.69) is 0 Å². The van der Waals surface area contributed by atoms with Gasteiger partial charge in [0.15, 0.2) is 5.79 Å². The number of nitrogens with zero attached hydrogens (tertiary/aromatic N) is 1. The Morgan fingerprint density at radius 1 is 0.955 bits per heavy atom. The molecule has 3 heterocycles. The third-order valence-corrected chi connectivity index (χ3v) is 8.98. The van der Waals surface area contributed by atoms with Gasteiger partial charge in [-0.25, -0.2) is 4.39 Å². The van der Waals surface area contributed by atoms with Crippen LogP contribution in [-0.2, 0) is 31.4 Å². The molecule has 0 saturated carbocycles. The molecule has 1 amide bonds. The van der Waals surface area contributed by atoms with E-state index in [1.54, 1.807) is 23.1 Å². The average Bonchev–Trinajstić information content (AvgIpc) is 3.57. The van der Waals surface area contributed by atoms with Crippen molar-refractivity contribution in [3.63, 3.8) is 0 Å². The first kappa shape index (κ1) is 30.8. The van der Waals surface area contributed by atoms with Crippen molar-refractivity contribution in [3.8, 4) is 0 Å². The molecule has 2 fully saturated rings. The molecule has 2 saturated heterocycles. The van der Waals surface area contributed by atoms with E-state index in [1.807, 2.05) is 6.08 Å². The number of carbonyl (C=O) groups excluding carboxylic acids is 1. The molecule has 236 valence electrons. The molecule has 5 nitrogen and oxygen atoms in total. The standard InChI is InChI=1S/C32H30F7NO4/c1-18(21-12-23(31(34,35)36)16-24(13-21)32(37,38)39)44-27-17-40-26(29(27)20-2-4-25(33)5-3-20)14-22(15-28(40)41)19-6-8-30(9-7-19)42-10-11-43-30/h2-6,12-13,15-16,18,26-27,29H,7-11,14,17H2,1H3/t18-,26?,27+,29?/m1/s1. The maximum Gasteiger partial charge on any atom is 0.416 e. The van der Waals surface area contributed by atoms with Gasteiger partial charge in [-0.15, -0.1) is 0 Å². The van der Waals surface area contributed by atoms with Gasteiger partial charge in [-0.2, -0.15) is 26.3 Å². The molecule has 1 spiro atoms. The number of amides is 1. The molecule has 0 aromatic heterocycles. The second kappa shape index (κ2) is 11.3. The Hall–Kier alpha value is -3.22. The van der Waals surface area contributed by atoms with Crippen LogP contribution in [0.15, 0.2) is 65.8 Å². The topological polar surface area (TPSA) is 48.0 Å². The van der Waals surface area contributed by atoms with Gasteiger partial charge in [0.1, 0.15) is 5.82 Å². The number of rotatable bonds is 5. The second-order valence-electron chi connectivity index (χ2n) is 11.7. The molecule has 12 heteroatoms. The van der Waals surface area contributed by atoms with Gasteiger partial charge in [0.2, 0.25) is 5.91 Å². The lowest BCUT2D eigenvalue weighted by atomic mass is 9.81. The first-order chi connectivity index (χ1) is 20.7. The molecule has 2 aromatic carbocycles. The van der Waals surface area contributed by atoms with Crippen molar-refractivity contribution in [2.75, 3.05) is 19.8 Å². The van der Waals surface area contributed by atoms with E-state index in [0.717, 1.165) is 11.1 Å². The maximum absolute atomic E-state index is 13.9. The fourth-order valence-electron chi connectivity index (χ4n) is 6.78. The van der Waals surface area contributed by atoms with Crippen LogP contribution in [0.4, 0.5) is 30.7 Å². The summed E-state index contributed by atoms with van der Waals surface area (Å²) < 4.78 is 113. The van der Waals surface area contributed by atoms with Crippen molar-refractivity contribution in [2.45, 2.75) is 74.9 Å². The number of carbonyl (C=O) groups is 1. The Labute approximate surface area is 249 Å². The first-order valence-corrected chi connectivity index (χ1v) is 14.4. The van der Waals surface area contributed by atoms with E-state index in [-0.39, 0.29) is 24.1 Å². The van der Waals surface area contributed by atoms with E-state index in [1.165, 1.54) is 19.1 Å². The van der Waals surface area contributed by atoms with E-state index in [0.29, 0.717) is 56.6 Å².